The van der Waals surface area contributed by atoms with E-state index in [0.29, 0.717) is 5.92 Å². The van der Waals surface area contributed by atoms with Gasteiger partial charge in [0.2, 0.25) is 0 Å². The van der Waals surface area contributed by atoms with Crippen molar-refractivity contribution in [3.63, 3.8) is 0 Å². The van der Waals surface area contributed by atoms with Gasteiger partial charge in [0.05, 0.1) is 21.7 Å². The number of thiazole rings is 1. The van der Waals surface area contributed by atoms with E-state index in [-0.39, 0.29) is 0 Å². The Labute approximate surface area is 168 Å². The topological polar surface area (TPSA) is 63.6 Å². The van der Waals surface area contributed by atoms with Crippen LogP contribution in [-0.4, -0.2) is 32.7 Å². The van der Waals surface area contributed by atoms with Crippen LogP contribution in [0.1, 0.15) is 31.2 Å². The van der Waals surface area contributed by atoms with E-state index < -0.39 is 0 Å². The van der Waals surface area contributed by atoms with Crippen molar-refractivity contribution in [2.24, 2.45) is 5.92 Å². The molecule has 0 amide bonds. The molecule has 0 spiro atoms. The highest BCUT2D eigenvalue weighted by Crippen LogP contribution is 2.36. The number of allylic oxidation sites excluding steroid dienone is 1. The lowest BCUT2D eigenvalue weighted by Gasteiger charge is -2.14. The van der Waals surface area contributed by atoms with Crippen molar-refractivity contribution in [3.8, 4) is 10.6 Å². The summed E-state index contributed by atoms with van der Waals surface area (Å²) in [5.41, 5.74) is 3.83. The Morgan fingerprint density at radius 3 is 2.74 bits per heavy atom. The number of thioether (sulfide) groups is 1. The Morgan fingerprint density at radius 1 is 1.26 bits per heavy atom. The lowest BCUT2D eigenvalue weighted by atomic mass is 10.0. The molecule has 3 aromatic rings. The average Bonchev–Trinajstić information content (AvgIpc) is 3.10. The third-order valence-corrected chi connectivity index (χ3v) is 6.21. The molecule has 0 bridgehead atoms. The maximum Gasteiger partial charge on any atom is 0.189 e. The average molecular weight is 400 g/mol. The number of aryl methyl sites for hydroxylation is 2. The molecule has 3 rings (SSSR count). The van der Waals surface area contributed by atoms with Gasteiger partial charge >= 0.3 is 0 Å². The van der Waals surface area contributed by atoms with Crippen LogP contribution in [0.25, 0.3) is 20.8 Å². The third-order valence-electron chi connectivity index (χ3n) is 4.62. The fraction of sp³-hybridized carbons (Fsp3) is 0.400. The van der Waals surface area contributed by atoms with Crippen molar-refractivity contribution in [1.82, 2.24) is 19.9 Å². The highest BCUT2D eigenvalue weighted by Gasteiger charge is 2.18. The van der Waals surface area contributed by atoms with E-state index >= 15 is 0 Å². The van der Waals surface area contributed by atoms with Gasteiger partial charge in [-0.25, -0.2) is 15.0 Å². The van der Waals surface area contributed by atoms with E-state index in [1.807, 2.05) is 38.4 Å². The van der Waals surface area contributed by atoms with E-state index in [4.69, 9.17) is 9.97 Å². The van der Waals surface area contributed by atoms with Crippen molar-refractivity contribution in [1.29, 1.82) is 0 Å². The Balaban J connectivity index is 1.99. The van der Waals surface area contributed by atoms with Gasteiger partial charge < -0.3 is 5.32 Å². The number of pyridine rings is 1. The first-order valence-electron chi connectivity index (χ1n) is 9.08. The molecule has 3 aromatic heterocycles. The monoisotopic (exact) mass is 399 g/mol. The third kappa shape index (κ3) is 4.30. The van der Waals surface area contributed by atoms with E-state index in [9.17, 15) is 0 Å². The van der Waals surface area contributed by atoms with Crippen LogP contribution < -0.4 is 5.32 Å². The summed E-state index contributed by atoms with van der Waals surface area (Å²) in [7, 11) is 0. The van der Waals surface area contributed by atoms with Gasteiger partial charge in [-0.1, -0.05) is 24.8 Å². The number of hydrogen-bond acceptors (Lipinski definition) is 7. The van der Waals surface area contributed by atoms with Crippen molar-refractivity contribution < 1.29 is 0 Å². The van der Waals surface area contributed by atoms with Crippen molar-refractivity contribution >= 4 is 39.1 Å². The Kier molecular flexibility index (Phi) is 6.44. The summed E-state index contributed by atoms with van der Waals surface area (Å²) in [6, 6.07) is 2.01. The maximum absolute atomic E-state index is 4.85. The Hall–Kier alpha value is -1.99. The summed E-state index contributed by atoms with van der Waals surface area (Å²) in [5.74, 6) is 1.37. The minimum atomic E-state index is 0.514. The summed E-state index contributed by atoms with van der Waals surface area (Å²) in [6.45, 7) is 11.0. The summed E-state index contributed by atoms with van der Waals surface area (Å²) < 4.78 is 1.13. The van der Waals surface area contributed by atoms with Gasteiger partial charge in [-0.3, -0.25) is 4.98 Å². The van der Waals surface area contributed by atoms with Crippen LogP contribution in [0, 0.1) is 19.8 Å². The van der Waals surface area contributed by atoms with Gasteiger partial charge in [-0.05, 0) is 44.9 Å². The number of hydrogen-bond donors (Lipinski definition) is 1. The van der Waals surface area contributed by atoms with E-state index in [2.05, 4.69) is 28.8 Å². The second kappa shape index (κ2) is 8.80. The van der Waals surface area contributed by atoms with Crippen molar-refractivity contribution in [2.45, 2.75) is 38.8 Å². The summed E-state index contributed by atoms with van der Waals surface area (Å²) in [5, 5.41) is 5.23. The first-order chi connectivity index (χ1) is 13.1. The Bertz CT molecular complexity index is 951. The standard InChI is InChI=1S/C20H25N5S2/c1-6-14(7-2)8-10-22-18-16(12(3)23-20(25-18)26-5)19-24-17-13(4)21-11-9-15(17)27-19/h6,9,11,14H,1,7-8,10H2,2-5H3,(H,22,23,25). The quantitative estimate of drug-likeness (QED) is 0.306. The lowest BCUT2D eigenvalue weighted by Crippen LogP contribution is -2.10. The van der Waals surface area contributed by atoms with Crippen LogP contribution in [0.4, 0.5) is 5.82 Å². The fourth-order valence-electron chi connectivity index (χ4n) is 2.98. The van der Waals surface area contributed by atoms with Crippen molar-refractivity contribution in [3.05, 3.63) is 36.3 Å². The second-order valence-electron chi connectivity index (χ2n) is 6.40. The molecular formula is C20H25N5S2. The van der Waals surface area contributed by atoms with Crippen LogP contribution in [0.3, 0.4) is 0 Å². The van der Waals surface area contributed by atoms with Gasteiger partial charge in [-0.2, -0.15) is 0 Å². The first kappa shape index (κ1) is 19.8. The van der Waals surface area contributed by atoms with Gasteiger partial charge in [0.25, 0.3) is 0 Å². The predicted molar refractivity (Wildman–Crippen MR) is 117 cm³/mol. The Morgan fingerprint density at radius 2 is 2.07 bits per heavy atom. The number of rotatable bonds is 8. The zero-order valence-corrected chi connectivity index (χ0v) is 17.9. The maximum atomic E-state index is 4.85. The molecule has 1 N–H and O–H groups in total. The van der Waals surface area contributed by atoms with Gasteiger partial charge in [0.1, 0.15) is 16.3 Å². The molecule has 142 valence electrons. The number of fused-ring (bicyclic) bond motifs is 1. The zero-order valence-electron chi connectivity index (χ0n) is 16.2. The van der Waals surface area contributed by atoms with Crippen LogP contribution in [-0.2, 0) is 0 Å². The van der Waals surface area contributed by atoms with E-state index in [0.717, 1.165) is 62.5 Å². The highest BCUT2D eigenvalue weighted by atomic mass is 32.2. The van der Waals surface area contributed by atoms with Crippen LogP contribution in [0.5, 0.6) is 0 Å². The molecule has 5 nitrogen and oxygen atoms in total. The van der Waals surface area contributed by atoms with Crippen LogP contribution >= 0.6 is 23.1 Å². The van der Waals surface area contributed by atoms with Crippen molar-refractivity contribution in [2.75, 3.05) is 18.1 Å². The molecule has 7 heteroatoms. The summed E-state index contributed by atoms with van der Waals surface area (Å²) >= 11 is 3.21. The smallest absolute Gasteiger partial charge is 0.189 e. The normalized spacial score (nSPS) is 12.3. The molecule has 0 saturated carbocycles. The predicted octanol–water partition coefficient (Wildman–Crippen LogP) is 5.50. The molecule has 1 atom stereocenters. The number of anilines is 1. The molecule has 0 fully saturated rings. The van der Waals surface area contributed by atoms with Gasteiger partial charge in [0.15, 0.2) is 5.16 Å². The molecule has 3 heterocycles. The van der Waals surface area contributed by atoms with E-state index in [1.54, 1.807) is 23.1 Å². The minimum absolute atomic E-state index is 0.514. The largest absolute Gasteiger partial charge is 0.369 e. The zero-order chi connectivity index (χ0) is 19.4. The number of nitrogens with one attached hydrogen (secondary N) is 1. The second-order valence-corrected chi connectivity index (χ2v) is 8.20. The number of nitrogens with zero attached hydrogens (tertiary/aromatic N) is 4. The molecular weight excluding hydrogens is 374 g/mol. The van der Waals surface area contributed by atoms with Gasteiger partial charge in [0, 0.05) is 12.7 Å². The van der Waals surface area contributed by atoms with Crippen LogP contribution in [0.2, 0.25) is 0 Å². The summed E-state index contributed by atoms with van der Waals surface area (Å²) in [6.07, 6.45) is 7.99. The lowest BCUT2D eigenvalue weighted by molar-refractivity contribution is 0.591. The molecule has 27 heavy (non-hydrogen) atoms. The molecule has 0 radical (unpaired) electrons. The molecule has 1 unspecified atom stereocenters. The highest BCUT2D eigenvalue weighted by molar-refractivity contribution is 7.98. The molecule has 0 aliphatic heterocycles. The molecule has 0 aliphatic carbocycles. The molecule has 0 aliphatic rings. The SMILES string of the molecule is C=CC(CC)CCNc1nc(SC)nc(C)c1-c1nc2c(C)nccc2s1. The molecule has 0 aromatic carbocycles. The summed E-state index contributed by atoms with van der Waals surface area (Å²) in [4.78, 5) is 18.6. The van der Waals surface area contributed by atoms with Crippen LogP contribution in [0.15, 0.2) is 30.1 Å². The number of aromatic nitrogens is 4. The molecule has 0 saturated heterocycles. The van der Waals surface area contributed by atoms with E-state index in [1.165, 1.54) is 0 Å². The minimum Gasteiger partial charge on any atom is -0.369 e. The van der Waals surface area contributed by atoms with Gasteiger partial charge in [-0.15, -0.1) is 17.9 Å². The first-order valence-corrected chi connectivity index (χ1v) is 11.1. The fourth-order valence-corrected chi connectivity index (χ4v) is 4.50.